The third kappa shape index (κ3) is 6.64. The minimum Gasteiger partial charge on any atom is -0.440 e. The Labute approximate surface area is 354 Å². The second kappa shape index (κ2) is 16.0. The fraction of sp³-hybridized carbons (Fsp3) is 0.133. The van der Waals surface area contributed by atoms with E-state index in [0.717, 1.165) is 6.41 Å². The predicted molar refractivity (Wildman–Crippen MR) is 228 cm³/mol. The number of nitrogens with zero attached hydrogens (tertiary/aromatic N) is 5. The van der Waals surface area contributed by atoms with Gasteiger partial charge in [0.1, 0.15) is 28.7 Å². The van der Waals surface area contributed by atoms with Crippen molar-refractivity contribution in [3.63, 3.8) is 0 Å². The molecule has 9 nitrogen and oxygen atoms in total. The molecule has 1 aliphatic rings. The highest BCUT2D eigenvalue weighted by Crippen LogP contribution is 2.55. The average molecular weight is 852 g/mol. The molecule has 1 aliphatic heterocycles. The van der Waals surface area contributed by atoms with Crippen molar-refractivity contribution in [3.05, 3.63) is 166 Å². The molecule has 1 amide bonds. The van der Waals surface area contributed by atoms with Crippen LogP contribution in [0.1, 0.15) is 22.3 Å². The van der Waals surface area contributed by atoms with Gasteiger partial charge in [-0.05, 0) is 73.5 Å². The van der Waals surface area contributed by atoms with Crippen molar-refractivity contribution in [3.8, 4) is 34.6 Å². The van der Waals surface area contributed by atoms with E-state index in [9.17, 15) is 4.79 Å². The Hall–Kier alpha value is -5.98. The fourth-order valence-electron chi connectivity index (χ4n) is 8.05. The van der Waals surface area contributed by atoms with Crippen molar-refractivity contribution in [2.75, 3.05) is 19.6 Å². The second-order valence-corrected chi connectivity index (χ2v) is 14.8. The Bertz CT molecular complexity index is 2690. The Morgan fingerprint density at radius 2 is 1.15 bits per heavy atom. The number of pyridine rings is 2. The first-order valence-electron chi connectivity index (χ1n) is 18.5. The lowest BCUT2D eigenvalue weighted by Crippen LogP contribution is -2.59. The van der Waals surface area contributed by atoms with Gasteiger partial charge in [-0.15, -0.1) is 12.4 Å². The average Bonchev–Trinajstić information content (AvgIpc) is 3.75. The summed E-state index contributed by atoms with van der Waals surface area (Å²) in [5.41, 5.74) is 3.13. The molecule has 298 valence electrons. The van der Waals surface area contributed by atoms with Crippen molar-refractivity contribution >= 4 is 63.8 Å². The van der Waals surface area contributed by atoms with Crippen molar-refractivity contribution < 1.29 is 23.0 Å². The van der Waals surface area contributed by atoms with Gasteiger partial charge in [0.05, 0.1) is 22.2 Å². The van der Waals surface area contributed by atoms with Gasteiger partial charge < -0.3 is 19.7 Å². The summed E-state index contributed by atoms with van der Waals surface area (Å²) in [4.78, 5) is 24.6. The molecule has 0 aliphatic carbocycles. The maximum Gasteiger partial charge on any atom is 0.211 e. The first kappa shape index (κ1) is 39.8. The number of fused-ring (bicyclic) bond motifs is 2. The molecule has 1 N–H and O–H groups in total. The summed E-state index contributed by atoms with van der Waals surface area (Å²) in [7, 11) is 0. The molecule has 4 aromatic heterocycles. The van der Waals surface area contributed by atoms with Crippen LogP contribution in [0.2, 0.25) is 10.3 Å². The second-order valence-electron chi connectivity index (χ2n) is 14.1. The molecule has 14 heteroatoms. The molecule has 0 radical (unpaired) electrons. The highest BCUT2D eigenvalue weighted by atomic mass is 35.5. The molecule has 5 heterocycles. The lowest BCUT2D eigenvalue weighted by atomic mass is 9.79. The number of para-hydroxylation sites is 2. The maximum atomic E-state index is 15.1. The van der Waals surface area contributed by atoms with E-state index in [1.54, 1.807) is 29.4 Å². The standard InChI is InChI=1S/C45H34Cl2F2N6O3.ClH/c1-27-13-15-29(48)23-35(27)57-43-37(33-17-19-51-41(46)39(33)54(43)31-9-5-3-6-10-31)45(25-50-21-22-53(45)26-56)38-34-18-20-52-42(47)40(34)55(32-11-7-4-8-12-32)44(38)58-36-24-30(49)16-14-28(36)2;/h3-20,23-24,26,50H,21-22,25H2,1-2H3;1H. The summed E-state index contributed by atoms with van der Waals surface area (Å²) in [6.07, 6.45) is 3.99. The summed E-state index contributed by atoms with van der Waals surface area (Å²) in [6.45, 7) is 4.48. The van der Waals surface area contributed by atoms with Crippen LogP contribution >= 0.6 is 35.6 Å². The van der Waals surface area contributed by atoms with Crippen molar-refractivity contribution in [2.24, 2.45) is 0 Å². The summed E-state index contributed by atoms with van der Waals surface area (Å²) in [6, 6.07) is 31.2. The van der Waals surface area contributed by atoms with Gasteiger partial charge in [-0.25, -0.2) is 18.7 Å². The van der Waals surface area contributed by atoms with E-state index in [1.807, 2.05) is 95.8 Å². The zero-order chi connectivity index (χ0) is 40.1. The Kier molecular flexibility index (Phi) is 10.8. The van der Waals surface area contributed by atoms with Crippen LogP contribution in [0, 0.1) is 25.5 Å². The van der Waals surface area contributed by atoms with Gasteiger partial charge in [0.15, 0.2) is 10.3 Å². The smallest absolute Gasteiger partial charge is 0.211 e. The van der Waals surface area contributed by atoms with Crippen molar-refractivity contribution in [1.29, 1.82) is 0 Å². The fourth-order valence-corrected chi connectivity index (χ4v) is 8.54. The third-order valence-electron chi connectivity index (χ3n) is 10.7. The monoisotopic (exact) mass is 850 g/mol. The van der Waals surface area contributed by atoms with Crippen LogP contribution in [-0.2, 0) is 10.3 Å². The normalized spacial score (nSPS) is 13.7. The van der Waals surface area contributed by atoms with Crippen LogP contribution in [0.3, 0.4) is 0 Å². The van der Waals surface area contributed by atoms with Crippen LogP contribution < -0.4 is 14.8 Å². The number of carbonyl (C=O) groups is 1. The lowest BCUT2D eigenvalue weighted by molar-refractivity contribution is -0.124. The third-order valence-corrected chi connectivity index (χ3v) is 11.2. The summed E-state index contributed by atoms with van der Waals surface area (Å²) in [5, 5.41) is 5.08. The van der Waals surface area contributed by atoms with E-state index in [2.05, 4.69) is 15.3 Å². The number of halogens is 5. The first-order chi connectivity index (χ1) is 28.2. The Morgan fingerprint density at radius 1 is 0.695 bits per heavy atom. The van der Waals surface area contributed by atoms with Crippen LogP contribution in [0.4, 0.5) is 8.78 Å². The zero-order valence-corrected chi connectivity index (χ0v) is 34.0. The number of aryl methyl sites for hydroxylation is 2. The van der Waals surface area contributed by atoms with Gasteiger partial charge in [0, 0.05) is 66.3 Å². The molecule has 4 aromatic carbocycles. The number of amides is 1. The van der Waals surface area contributed by atoms with Gasteiger partial charge in [-0.1, -0.05) is 71.7 Å². The molecule has 8 aromatic rings. The van der Waals surface area contributed by atoms with Crippen LogP contribution in [-0.4, -0.2) is 50.0 Å². The molecule has 0 spiro atoms. The summed E-state index contributed by atoms with van der Waals surface area (Å²) in [5.74, 6) is -0.0209. The highest BCUT2D eigenvalue weighted by molar-refractivity contribution is 6.35. The number of piperazine rings is 1. The number of benzene rings is 4. The topological polar surface area (TPSA) is 86.4 Å². The van der Waals surface area contributed by atoms with Gasteiger partial charge >= 0.3 is 0 Å². The molecule has 0 atom stereocenters. The van der Waals surface area contributed by atoms with E-state index in [-0.39, 0.29) is 59.1 Å². The highest BCUT2D eigenvalue weighted by Gasteiger charge is 2.51. The number of hydrogen-bond donors (Lipinski definition) is 1. The van der Waals surface area contributed by atoms with Gasteiger partial charge in [-0.3, -0.25) is 13.9 Å². The SMILES string of the molecule is Cc1ccc(F)cc1Oc1c(C2(c3c(Oc4cc(F)ccc4C)n(-c4ccccc4)c4c(Cl)nccc34)CNCCN2C=O)c2ccnc(Cl)c2n1-c1ccccc1.Cl. The van der Waals surface area contributed by atoms with Crippen molar-refractivity contribution in [2.45, 2.75) is 19.4 Å². The molecule has 1 saturated heterocycles. The van der Waals surface area contributed by atoms with Crippen LogP contribution in [0.15, 0.2) is 122 Å². The Morgan fingerprint density at radius 3 is 1.59 bits per heavy atom. The van der Waals surface area contributed by atoms with Crippen molar-refractivity contribution in [1.82, 2.24) is 29.3 Å². The number of carbonyl (C=O) groups excluding carboxylic acids is 1. The minimum atomic E-state index is -1.50. The molecule has 9 rings (SSSR count). The zero-order valence-electron chi connectivity index (χ0n) is 31.6. The number of ether oxygens (including phenoxy) is 2. The molecule has 0 bridgehead atoms. The maximum absolute atomic E-state index is 15.1. The molecular formula is C45H35Cl3F2N6O3. The lowest BCUT2D eigenvalue weighted by Gasteiger charge is -2.46. The molecule has 1 fully saturated rings. The first-order valence-corrected chi connectivity index (χ1v) is 19.3. The number of nitrogens with one attached hydrogen (secondary N) is 1. The molecule has 59 heavy (non-hydrogen) atoms. The number of hydrogen-bond acceptors (Lipinski definition) is 6. The molecule has 0 saturated carbocycles. The van der Waals surface area contributed by atoms with Crippen LogP contribution in [0.25, 0.3) is 33.2 Å². The summed E-state index contributed by atoms with van der Waals surface area (Å²) >= 11 is 14.2. The Balaban J connectivity index is 0.00000484. The van der Waals surface area contributed by atoms with E-state index < -0.39 is 17.2 Å². The number of aromatic nitrogens is 4. The van der Waals surface area contributed by atoms with E-state index in [4.69, 9.17) is 32.7 Å². The number of rotatable bonds is 9. The van der Waals surface area contributed by atoms with E-state index >= 15 is 8.78 Å². The van der Waals surface area contributed by atoms with Crippen LogP contribution in [0.5, 0.6) is 23.3 Å². The molecular weight excluding hydrogens is 817 g/mol. The largest absolute Gasteiger partial charge is 0.440 e. The van der Waals surface area contributed by atoms with Gasteiger partial charge in [0.2, 0.25) is 18.2 Å². The predicted octanol–water partition coefficient (Wildman–Crippen LogP) is 10.9. The van der Waals surface area contributed by atoms with E-state index in [1.165, 1.54) is 24.3 Å². The van der Waals surface area contributed by atoms with Gasteiger partial charge in [0.25, 0.3) is 0 Å². The summed E-state index contributed by atoms with van der Waals surface area (Å²) < 4.78 is 47.9. The van der Waals surface area contributed by atoms with E-state index in [0.29, 0.717) is 62.0 Å². The molecule has 0 unspecified atom stereocenters. The van der Waals surface area contributed by atoms with Gasteiger partial charge in [-0.2, -0.15) is 0 Å². The quantitative estimate of drug-likeness (QED) is 0.115. The minimum absolute atomic E-state index is 0.